The average molecular weight is 409 g/mol. The van der Waals surface area contributed by atoms with E-state index in [0.29, 0.717) is 0 Å². The van der Waals surface area contributed by atoms with E-state index in [2.05, 4.69) is 57.3 Å². The summed E-state index contributed by atoms with van der Waals surface area (Å²) in [5, 5.41) is 3.20. The summed E-state index contributed by atoms with van der Waals surface area (Å²) in [5.74, 6) is -0.0236. The summed E-state index contributed by atoms with van der Waals surface area (Å²) in [5.41, 5.74) is 2.36. The summed E-state index contributed by atoms with van der Waals surface area (Å²) in [6.45, 7) is 6.19. The lowest BCUT2D eigenvalue weighted by molar-refractivity contribution is 0.0332. The van der Waals surface area contributed by atoms with Gasteiger partial charge in [0.05, 0.1) is 27.9 Å². The maximum atomic E-state index is 12.6. The van der Waals surface area contributed by atoms with Gasteiger partial charge in [0.15, 0.2) is 0 Å². The molecule has 0 radical (unpaired) electrons. The number of carbonyl (C=O) groups is 1. The number of benzene rings is 1. The smallest absolute Gasteiger partial charge is 0.261 e. The molecule has 128 valence electrons. The molecule has 6 heteroatoms. The minimum atomic E-state index is -0.0305. The van der Waals surface area contributed by atoms with Gasteiger partial charge < -0.3 is 10.1 Å². The summed E-state index contributed by atoms with van der Waals surface area (Å²) in [7, 11) is 0. The fourth-order valence-electron chi connectivity index (χ4n) is 2.74. The van der Waals surface area contributed by atoms with Crippen LogP contribution < -0.4 is 5.32 Å². The zero-order valence-corrected chi connectivity index (χ0v) is 16.0. The summed E-state index contributed by atoms with van der Waals surface area (Å²) in [4.78, 5) is 15.7. The lowest BCUT2D eigenvalue weighted by Gasteiger charge is -2.31. The van der Waals surface area contributed by atoms with Crippen molar-refractivity contribution < 1.29 is 9.53 Å². The van der Waals surface area contributed by atoms with Gasteiger partial charge >= 0.3 is 0 Å². The third kappa shape index (κ3) is 4.66. The van der Waals surface area contributed by atoms with Gasteiger partial charge in [-0.05, 0) is 40.5 Å². The van der Waals surface area contributed by atoms with E-state index in [1.165, 1.54) is 16.9 Å². The molecule has 1 saturated heterocycles. The predicted octanol–water partition coefficient (Wildman–Crippen LogP) is 3.62. The van der Waals surface area contributed by atoms with Crippen LogP contribution in [0, 0.1) is 6.92 Å². The first-order valence-electron chi connectivity index (χ1n) is 8.05. The van der Waals surface area contributed by atoms with Gasteiger partial charge in [-0.15, -0.1) is 11.3 Å². The van der Waals surface area contributed by atoms with Crippen molar-refractivity contribution in [2.24, 2.45) is 0 Å². The Hall–Kier alpha value is -1.21. The van der Waals surface area contributed by atoms with E-state index < -0.39 is 0 Å². The SMILES string of the molecule is Cc1ccc(C(CN2CCOCC2)NC(=O)c2ccc(Br)s2)cc1. The van der Waals surface area contributed by atoms with E-state index in [1.807, 2.05) is 12.1 Å². The second-order valence-electron chi connectivity index (χ2n) is 5.95. The highest BCUT2D eigenvalue weighted by Crippen LogP contribution is 2.23. The van der Waals surface area contributed by atoms with Gasteiger partial charge in [0, 0.05) is 19.6 Å². The van der Waals surface area contributed by atoms with Gasteiger partial charge in [-0.2, -0.15) is 0 Å². The number of amides is 1. The van der Waals surface area contributed by atoms with Crippen molar-refractivity contribution in [1.82, 2.24) is 10.2 Å². The fraction of sp³-hybridized carbons (Fsp3) is 0.389. The topological polar surface area (TPSA) is 41.6 Å². The molecular weight excluding hydrogens is 388 g/mol. The highest BCUT2D eigenvalue weighted by Gasteiger charge is 2.21. The molecule has 0 aliphatic carbocycles. The van der Waals surface area contributed by atoms with Crippen LogP contribution >= 0.6 is 27.3 Å². The molecule has 4 nitrogen and oxygen atoms in total. The average Bonchev–Trinajstić information content (AvgIpc) is 3.02. The largest absolute Gasteiger partial charge is 0.379 e. The molecule has 0 saturated carbocycles. The number of aryl methyl sites for hydroxylation is 1. The molecule has 1 aromatic heterocycles. The van der Waals surface area contributed by atoms with Crippen LogP contribution in [0.4, 0.5) is 0 Å². The second kappa shape index (κ2) is 8.25. The van der Waals surface area contributed by atoms with Gasteiger partial charge in [-0.25, -0.2) is 0 Å². The van der Waals surface area contributed by atoms with E-state index in [4.69, 9.17) is 4.74 Å². The van der Waals surface area contributed by atoms with Crippen molar-refractivity contribution in [3.05, 3.63) is 56.2 Å². The van der Waals surface area contributed by atoms with E-state index >= 15 is 0 Å². The molecule has 1 aliphatic rings. The standard InChI is InChI=1S/C18H21BrN2O2S/c1-13-2-4-14(5-3-13)15(12-21-8-10-23-11-9-21)20-18(22)16-6-7-17(19)24-16/h2-7,15H,8-12H2,1H3,(H,20,22). The maximum absolute atomic E-state index is 12.6. The highest BCUT2D eigenvalue weighted by molar-refractivity contribution is 9.11. The summed E-state index contributed by atoms with van der Waals surface area (Å²) in [6.07, 6.45) is 0. The van der Waals surface area contributed by atoms with Crippen LogP contribution in [0.1, 0.15) is 26.8 Å². The van der Waals surface area contributed by atoms with Gasteiger partial charge in [0.25, 0.3) is 5.91 Å². The Kier molecular flexibility index (Phi) is 6.05. The molecule has 24 heavy (non-hydrogen) atoms. The van der Waals surface area contributed by atoms with Gasteiger partial charge in [-0.1, -0.05) is 29.8 Å². The molecule has 1 amide bonds. The number of nitrogens with zero attached hydrogens (tertiary/aromatic N) is 1. The van der Waals surface area contributed by atoms with Crippen molar-refractivity contribution >= 4 is 33.2 Å². The first-order chi connectivity index (χ1) is 11.6. The van der Waals surface area contributed by atoms with Crippen LogP contribution in [0.3, 0.4) is 0 Å². The van der Waals surface area contributed by atoms with E-state index in [0.717, 1.165) is 47.1 Å². The fourth-order valence-corrected chi connectivity index (χ4v) is 4.03. The molecule has 0 bridgehead atoms. The molecule has 2 heterocycles. The Balaban J connectivity index is 1.75. The first kappa shape index (κ1) is 17.6. The molecule has 3 rings (SSSR count). The molecule has 1 unspecified atom stereocenters. The van der Waals surface area contributed by atoms with Crippen molar-refractivity contribution in [3.8, 4) is 0 Å². The number of ether oxygens (including phenoxy) is 1. The van der Waals surface area contributed by atoms with E-state index in [-0.39, 0.29) is 11.9 Å². The second-order valence-corrected chi connectivity index (χ2v) is 8.42. The quantitative estimate of drug-likeness (QED) is 0.820. The Labute approximate surface area is 154 Å². The first-order valence-corrected chi connectivity index (χ1v) is 9.65. The monoisotopic (exact) mass is 408 g/mol. The lowest BCUT2D eigenvalue weighted by Crippen LogP contribution is -2.43. The third-order valence-corrected chi connectivity index (χ3v) is 5.75. The normalized spacial score (nSPS) is 16.8. The van der Waals surface area contributed by atoms with Crippen molar-refractivity contribution in [2.45, 2.75) is 13.0 Å². The van der Waals surface area contributed by atoms with E-state index in [1.54, 1.807) is 0 Å². The molecule has 1 N–H and O–H groups in total. The third-order valence-electron chi connectivity index (χ3n) is 4.13. The summed E-state index contributed by atoms with van der Waals surface area (Å²) in [6, 6.07) is 12.1. The molecule has 1 fully saturated rings. The van der Waals surface area contributed by atoms with Crippen LogP contribution in [0.25, 0.3) is 0 Å². The number of morpholine rings is 1. The van der Waals surface area contributed by atoms with Crippen LogP contribution in [0.2, 0.25) is 0 Å². The lowest BCUT2D eigenvalue weighted by atomic mass is 10.0. The predicted molar refractivity (Wildman–Crippen MR) is 101 cm³/mol. The Morgan fingerprint density at radius 1 is 1.25 bits per heavy atom. The maximum Gasteiger partial charge on any atom is 0.261 e. The number of hydrogen-bond donors (Lipinski definition) is 1. The highest BCUT2D eigenvalue weighted by atomic mass is 79.9. The van der Waals surface area contributed by atoms with Crippen LogP contribution in [-0.4, -0.2) is 43.7 Å². The number of thiophene rings is 1. The number of rotatable bonds is 5. The number of hydrogen-bond acceptors (Lipinski definition) is 4. The Morgan fingerprint density at radius 2 is 1.96 bits per heavy atom. The van der Waals surface area contributed by atoms with Gasteiger partial charge in [0.1, 0.15) is 0 Å². The summed E-state index contributed by atoms with van der Waals surface area (Å²) >= 11 is 4.87. The minimum Gasteiger partial charge on any atom is -0.379 e. The molecule has 1 aromatic carbocycles. The number of nitrogens with one attached hydrogen (secondary N) is 1. The minimum absolute atomic E-state index is 0.0236. The van der Waals surface area contributed by atoms with Crippen LogP contribution in [-0.2, 0) is 4.74 Å². The van der Waals surface area contributed by atoms with E-state index in [9.17, 15) is 4.79 Å². The van der Waals surface area contributed by atoms with Crippen molar-refractivity contribution in [2.75, 3.05) is 32.8 Å². The van der Waals surface area contributed by atoms with Crippen molar-refractivity contribution in [3.63, 3.8) is 0 Å². The Bertz CT molecular complexity index is 681. The molecular formula is C18H21BrN2O2S. The van der Waals surface area contributed by atoms with Gasteiger partial charge in [-0.3, -0.25) is 9.69 Å². The van der Waals surface area contributed by atoms with Crippen LogP contribution in [0.5, 0.6) is 0 Å². The summed E-state index contributed by atoms with van der Waals surface area (Å²) < 4.78 is 6.39. The van der Waals surface area contributed by atoms with Crippen LogP contribution in [0.15, 0.2) is 40.2 Å². The zero-order valence-electron chi connectivity index (χ0n) is 13.6. The molecule has 2 aromatic rings. The molecule has 0 spiro atoms. The van der Waals surface area contributed by atoms with Crippen molar-refractivity contribution in [1.29, 1.82) is 0 Å². The van der Waals surface area contributed by atoms with Gasteiger partial charge in [0.2, 0.25) is 0 Å². The Morgan fingerprint density at radius 3 is 2.58 bits per heavy atom. The molecule has 1 atom stereocenters. The number of carbonyl (C=O) groups excluding carboxylic acids is 1. The number of halogens is 1. The molecule has 1 aliphatic heterocycles. The zero-order chi connectivity index (χ0) is 16.9.